The Balaban J connectivity index is 1.61. The van der Waals surface area contributed by atoms with Crippen LogP contribution in [-0.2, 0) is 9.59 Å². The van der Waals surface area contributed by atoms with Crippen molar-refractivity contribution in [3.05, 3.63) is 18.2 Å². The van der Waals surface area contributed by atoms with Gasteiger partial charge in [-0.15, -0.1) is 0 Å². The SMILES string of the molecule is CN(C)CCN1C(=O)COc2ccc(NC(=O)CCC3CCCCC3)cc21. The fourth-order valence-electron chi connectivity index (χ4n) is 3.86. The minimum absolute atomic E-state index is 0.0448. The van der Waals surface area contributed by atoms with Gasteiger partial charge in [0.25, 0.3) is 5.91 Å². The van der Waals surface area contributed by atoms with Crippen LogP contribution in [0.5, 0.6) is 5.75 Å². The van der Waals surface area contributed by atoms with Crippen molar-refractivity contribution in [2.75, 3.05) is 44.0 Å². The van der Waals surface area contributed by atoms with Crippen LogP contribution in [0.4, 0.5) is 11.4 Å². The van der Waals surface area contributed by atoms with Crippen molar-refractivity contribution in [1.29, 1.82) is 0 Å². The van der Waals surface area contributed by atoms with Crippen LogP contribution in [0.15, 0.2) is 18.2 Å². The number of benzene rings is 1. The Morgan fingerprint density at radius 1 is 1.26 bits per heavy atom. The van der Waals surface area contributed by atoms with Crippen molar-refractivity contribution in [2.45, 2.75) is 44.9 Å². The first-order valence-corrected chi connectivity index (χ1v) is 10.0. The third-order valence-corrected chi connectivity index (χ3v) is 5.46. The molecule has 1 aromatic carbocycles. The van der Waals surface area contributed by atoms with Gasteiger partial charge in [0, 0.05) is 25.2 Å². The Morgan fingerprint density at radius 2 is 2.04 bits per heavy atom. The van der Waals surface area contributed by atoms with Gasteiger partial charge in [0.2, 0.25) is 5.91 Å². The Hall–Kier alpha value is -2.08. The maximum Gasteiger partial charge on any atom is 0.265 e. The fourth-order valence-corrected chi connectivity index (χ4v) is 3.86. The molecular weight excluding hydrogens is 342 g/mol. The Morgan fingerprint density at radius 3 is 2.78 bits per heavy atom. The van der Waals surface area contributed by atoms with Crippen LogP contribution < -0.4 is 15.0 Å². The maximum atomic E-state index is 12.4. The quantitative estimate of drug-likeness (QED) is 0.797. The van der Waals surface area contributed by atoms with Crippen LogP contribution >= 0.6 is 0 Å². The molecule has 0 saturated heterocycles. The number of hydrogen-bond acceptors (Lipinski definition) is 4. The number of fused-ring (bicyclic) bond motifs is 1. The highest BCUT2D eigenvalue weighted by Gasteiger charge is 2.26. The highest BCUT2D eigenvalue weighted by Crippen LogP contribution is 2.34. The molecule has 3 rings (SSSR count). The first-order chi connectivity index (χ1) is 13.0. The number of amides is 2. The van der Waals surface area contributed by atoms with Crippen molar-refractivity contribution in [1.82, 2.24) is 4.90 Å². The standard InChI is InChI=1S/C21H31N3O3/c1-23(2)12-13-24-18-14-17(9-10-19(18)27-15-21(24)26)22-20(25)11-8-16-6-4-3-5-7-16/h9-10,14,16H,3-8,11-13,15H2,1-2H3,(H,22,25). The van der Waals surface area contributed by atoms with Gasteiger partial charge in [0.05, 0.1) is 5.69 Å². The fraction of sp³-hybridized carbons (Fsp3) is 0.619. The van der Waals surface area contributed by atoms with Crippen LogP contribution in [0.3, 0.4) is 0 Å². The minimum atomic E-state index is -0.0508. The molecule has 0 unspecified atom stereocenters. The zero-order valence-corrected chi connectivity index (χ0v) is 16.5. The molecular formula is C21H31N3O3. The summed E-state index contributed by atoms with van der Waals surface area (Å²) in [6.45, 7) is 1.43. The van der Waals surface area contributed by atoms with Crippen LogP contribution in [0, 0.1) is 5.92 Å². The van der Waals surface area contributed by atoms with Crippen molar-refractivity contribution in [3.8, 4) is 5.75 Å². The number of rotatable bonds is 7. The van der Waals surface area contributed by atoms with Crippen LogP contribution in [0.25, 0.3) is 0 Å². The van der Waals surface area contributed by atoms with Crippen molar-refractivity contribution < 1.29 is 14.3 Å². The van der Waals surface area contributed by atoms with E-state index in [1.807, 2.05) is 37.2 Å². The molecule has 1 aliphatic carbocycles. The molecule has 1 aliphatic heterocycles. The van der Waals surface area contributed by atoms with Crippen LogP contribution in [-0.4, -0.2) is 50.5 Å². The number of carbonyl (C=O) groups is 2. The number of nitrogens with zero attached hydrogens (tertiary/aromatic N) is 2. The molecule has 1 aromatic rings. The van der Waals surface area contributed by atoms with Crippen molar-refractivity contribution >= 4 is 23.2 Å². The number of ether oxygens (including phenoxy) is 1. The summed E-state index contributed by atoms with van der Waals surface area (Å²) in [6.07, 6.45) is 7.97. The van der Waals surface area contributed by atoms with E-state index in [0.29, 0.717) is 24.6 Å². The van der Waals surface area contributed by atoms with Crippen molar-refractivity contribution in [2.24, 2.45) is 5.92 Å². The van der Waals surface area contributed by atoms with E-state index >= 15 is 0 Å². The predicted octanol–water partition coefficient (Wildman–Crippen LogP) is 3.27. The zero-order chi connectivity index (χ0) is 19.2. The number of nitrogens with one attached hydrogen (secondary N) is 1. The average Bonchev–Trinajstić information content (AvgIpc) is 2.66. The van der Waals surface area contributed by atoms with E-state index < -0.39 is 0 Å². The zero-order valence-electron chi connectivity index (χ0n) is 16.5. The van der Waals surface area contributed by atoms with E-state index in [-0.39, 0.29) is 18.4 Å². The lowest BCUT2D eigenvalue weighted by Crippen LogP contribution is -2.42. The van der Waals surface area contributed by atoms with Crippen molar-refractivity contribution in [3.63, 3.8) is 0 Å². The predicted molar refractivity (Wildman–Crippen MR) is 107 cm³/mol. The van der Waals surface area contributed by atoms with Gasteiger partial charge in [-0.05, 0) is 44.6 Å². The van der Waals surface area contributed by atoms with Gasteiger partial charge in [-0.25, -0.2) is 0 Å². The summed E-state index contributed by atoms with van der Waals surface area (Å²) in [5, 5.41) is 2.99. The Kier molecular flexibility index (Phi) is 6.72. The number of likely N-dealkylation sites (N-methyl/N-ethyl adjacent to an activating group) is 1. The molecule has 1 heterocycles. The second kappa shape index (κ2) is 9.22. The van der Waals surface area contributed by atoms with Crippen LogP contribution in [0.2, 0.25) is 0 Å². The van der Waals surface area contributed by atoms with Gasteiger partial charge < -0.3 is 19.9 Å². The third kappa shape index (κ3) is 5.45. The monoisotopic (exact) mass is 373 g/mol. The second-order valence-corrected chi connectivity index (χ2v) is 7.91. The molecule has 6 heteroatoms. The first-order valence-electron chi connectivity index (χ1n) is 10.0. The smallest absolute Gasteiger partial charge is 0.265 e. The van der Waals surface area contributed by atoms with E-state index in [9.17, 15) is 9.59 Å². The van der Waals surface area contributed by atoms with E-state index in [1.165, 1.54) is 32.1 Å². The Labute approximate surface area is 161 Å². The summed E-state index contributed by atoms with van der Waals surface area (Å²) in [5.41, 5.74) is 1.45. The van der Waals surface area contributed by atoms with Gasteiger partial charge in [-0.1, -0.05) is 32.1 Å². The van der Waals surface area contributed by atoms with E-state index in [1.54, 1.807) is 4.90 Å². The van der Waals surface area contributed by atoms with Crippen LogP contribution in [0.1, 0.15) is 44.9 Å². The maximum absolute atomic E-state index is 12.4. The molecule has 0 atom stereocenters. The Bertz CT molecular complexity index is 669. The number of anilines is 2. The molecule has 1 fully saturated rings. The molecule has 6 nitrogen and oxygen atoms in total. The molecule has 0 radical (unpaired) electrons. The summed E-state index contributed by atoms with van der Waals surface area (Å²) in [7, 11) is 3.96. The minimum Gasteiger partial charge on any atom is -0.482 e. The number of carbonyl (C=O) groups excluding carboxylic acids is 2. The topological polar surface area (TPSA) is 61.9 Å². The van der Waals surface area contributed by atoms with Gasteiger partial charge in [0.15, 0.2) is 6.61 Å². The number of hydrogen-bond donors (Lipinski definition) is 1. The van der Waals surface area contributed by atoms with E-state index in [0.717, 1.165) is 24.3 Å². The molecule has 2 amide bonds. The lowest BCUT2D eigenvalue weighted by atomic mass is 9.86. The summed E-state index contributed by atoms with van der Waals surface area (Å²) in [5.74, 6) is 1.38. The summed E-state index contributed by atoms with van der Waals surface area (Å²) in [4.78, 5) is 28.4. The summed E-state index contributed by atoms with van der Waals surface area (Å²) >= 11 is 0. The summed E-state index contributed by atoms with van der Waals surface area (Å²) in [6, 6.07) is 5.53. The molecule has 27 heavy (non-hydrogen) atoms. The largest absolute Gasteiger partial charge is 0.482 e. The second-order valence-electron chi connectivity index (χ2n) is 7.91. The lowest BCUT2D eigenvalue weighted by molar-refractivity contribution is -0.121. The van der Waals surface area contributed by atoms with E-state index in [2.05, 4.69) is 5.32 Å². The third-order valence-electron chi connectivity index (χ3n) is 5.46. The highest BCUT2D eigenvalue weighted by atomic mass is 16.5. The molecule has 1 N–H and O–H groups in total. The molecule has 1 saturated carbocycles. The molecule has 0 spiro atoms. The van der Waals surface area contributed by atoms with Gasteiger partial charge in [-0.2, -0.15) is 0 Å². The lowest BCUT2D eigenvalue weighted by Gasteiger charge is -2.30. The molecule has 0 bridgehead atoms. The molecule has 0 aromatic heterocycles. The normalized spacial score (nSPS) is 17.6. The molecule has 148 valence electrons. The van der Waals surface area contributed by atoms with Gasteiger partial charge >= 0.3 is 0 Å². The van der Waals surface area contributed by atoms with E-state index in [4.69, 9.17) is 4.74 Å². The highest BCUT2D eigenvalue weighted by molar-refractivity contribution is 5.99. The van der Waals surface area contributed by atoms with Gasteiger partial charge in [0.1, 0.15) is 5.75 Å². The summed E-state index contributed by atoms with van der Waals surface area (Å²) < 4.78 is 5.54. The van der Waals surface area contributed by atoms with Gasteiger partial charge in [-0.3, -0.25) is 9.59 Å². The first kappa shape index (κ1) is 19.7. The molecule has 2 aliphatic rings. The average molecular weight is 373 g/mol.